The predicted molar refractivity (Wildman–Crippen MR) is 88.9 cm³/mol. The molecule has 0 atom stereocenters. The monoisotopic (exact) mass is 332 g/mol. The van der Waals surface area contributed by atoms with Gasteiger partial charge in [0.25, 0.3) is 0 Å². The van der Waals surface area contributed by atoms with Crippen molar-refractivity contribution < 1.29 is 4.42 Å². The Bertz CT molecular complexity index is 855. The molecule has 4 nitrogen and oxygen atoms in total. The van der Waals surface area contributed by atoms with Gasteiger partial charge in [-0.2, -0.15) is 0 Å². The summed E-state index contributed by atoms with van der Waals surface area (Å²) in [7, 11) is 0. The number of thiophene rings is 1. The number of aromatic nitrogens is 2. The molecule has 1 aliphatic carbocycles. The van der Waals surface area contributed by atoms with Crippen LogP contribution < -0.4 is 4.87 Å². The highest BCUT2D eigenvalue weighted by Crippen LogP contribution is 2.28. The molecule has 0 radical (unpaired) electrons. The summed E-state index contributed by atoms with van der Waals surface area (Å²) in [4.78, 5) is 19.3. The van der Waals surface area contributed by atoms with Crippen LogP contribution in [0.4, 0.5) is 0 Å². The fourth-order valence-electron chi connectivity index (χ4n) is 2.92. The smallest absolute Gasteiger partial charge is 0.307 e. The summed E-state index contributed by atoms with van der Waals surface area (Å²) in [6.07, 6.45) is 4.41. The third kappa shape index (κ3) is 2.36. The average Bonchev–Trinajstić information content (AvgIpc) is 3.21. The Kier molecular flexibility index (Phi) is 3.50. The van der Waals surface area contributed by atoms with Gasteiger partial charge in [-0.15, -0.1) is 11.3 Å². The molecule has 4 rings (SSSR count). The highest BCUT2D eigenvalue weighted by atomic mass is 32.1. The predicted octanol–water partition coefficient (Wildman–Crippen LogP) is 3.86. The summed E-state index contributed by atoms with van der Waals surface area (Å²) in [5.41, 5.74) is 2.07. The molecule has 6 heteroatoms. The van der Waals surface area contributed by atoms with Crippen LogP contribution in [0.15, 0.2) is 26.7 Å². The Morgan fingerprint density at radius 2 is 2.23 bits per heavy atom. The van der Waals surface area contributed by atoms with Crippen molar-refractivity contribution in [3.05, 3.63) is 49.2 Å². The molecule has 1 aliphatic rings. The first-order valence-electron chi connectivity index (χ1n) is 7.44. The van der Waals surface area contributed by atoms with Crippen molar-refractivity contribution in [2.75, 3.05) is 0 Å². The maximum Gasteiger partial charge on any atom is 0.307 e. The molecular formula is C16H16N2O2S2. The van der Waals surface area contributed by atoms with Crippen LogP contribution in [0.2, 0.25) is 0 Å². The lowest BCUT2D eigenvalue weighted by Crippen LogP contribution is -2.18. The third-order valence-electron chi connectivity index (χ3n) is 4.08. The number of fused-ring (bicyclic) bond motifs is 1. The second-order valence-electron chi connectivity index (χ2n) is 5.53. The van der Waals surface area contributed by atoms with E-state index in [4.69, 9.17) is 4.42 Å². The van der Waals surface area contributed by atoms with Crippen LogP contribution in [-0.4, -0.2) is 9.55 Å². The van der Waals surface area contributed by atoms with Crippen molar-refractivity contribution in [3.8, 4) is 10.8 Å². The lowest BCUT2D eigenvalue weighted by molar-refractivity contribution is 0.537. The minimum absolute atomic E-state index is 0.131. The topological polar surface area (TPSA) is 48.0 Å². The molecule has 114 valence electrons. The number of oxazole rings is 1. The third-order valence-corrected chi connectivity index (χ3v) is 6.02. The summed E-state index contributed by atoms with van der Waals surface area (Å²) in [6.45, 7) is 2.44. The SMILES string of the molecule is Cc1oc(-c2cccs2)nc1Cn1c2c(sc1=O)CCCC2. The van der Waals surface area contributed by atoms with Crippen LogP contribution >= 0.6 is 22.7 Å². The maximum atomic E-state index is 12.3. The lowest BCUT2D eigenvalue weighted by atomic mass is 10.0. The number of hydrogen-bond donors (Lipinski definition) is 0. The van der Waals surface area contributed by atoms with Gasteiger partial charge in [-0.25, -0.2) is 4.98 Å². The number of rotatable bonds is 3. The quantitative estimate of drug-likeness (QED) is 0.732. The molecule has 3 aromatic heterocycles. The van der Waals surface area contributed by atoms with E-state index in [2.05, 4.69) is 4.98 Å². The van der Waals surface area contributed by atoms with E-state index in [0.717, 1.165) is 29.2 Å². The van der Waals surface area contributed by atoms with Crippen molar-refractivity contribution in [3.63, 3.8) is 0 Å². The fraction of sp³-hybridized carbons (Fsp3) is 0.375. The van der Waals surface area contributed by atoms with Gasteiger partial charge in [0.05, 0.1) is 11.4 Å². The minimum atomic E-state index is 0.131. The van der Waals surface area contributed by atoms with Crippen LogP contribution in [0.5, 0.6) is 0 Å². The molecule has 3 heterocycles. The Labute approximate surface area is 136 Å². The summed E-state index contributed by atoms with van der Waals surface area (Å²) >= 11 is 3.01. The van der Waals surface area contributed by atoms with E-state index in [1.807, 2.05) is 29.0 Å². The van der Waals surface area contributed by atoms with E-state index in [1.54, 1.807) is 11.3 Å². The molecule has 0 fully saturated rings. The molecule has 0 saturated heterocycles. The maximum absolute atomic E-state index is 12.3. The molecule has 0 spiro atoms. The van der Waals surface area contributed by atoms with E-state index in [0.29, 0.717) is 12.4 Å². The number of thiazole rings is 1. The Morgan fingerprint density at radius 1 is 1.36 bits per heavy atom. The zero-order valence-electron chi connectivity index (χ0n) is 12.3. The molecule has 0 bridgehead atoms. The standard InChI is InChI=1S/C16H16N2O2S2/c1-10-11(17-15(20-10)14-7-4-8-21-14)9-18-12-5-2-3-6-13(12)22-16(18)19/h4,7-8H,2-3,5-6,9H2,1H3. The van der Waals surface area contributed by atoms with Gasteiger partial charge < -0.3 is 4.42 Å². The molecule has 0 N–H and O–H groups in total. The number of nitrogens with zero attached hydrogens (tertiary/aromatic N) is 2. The van der Waals surface area contributed by atoms with Gasteiger partial charge in [0.15, 0.2) is 0 Å². The first-order valence-corrected chi connectivity index (χ1v) is 9.13. The number of hydrogen-bond acceptors (Lipinski definition) is 5. The molecule has 0 aromatic carbocycles. The Morgan fingerprint density at radius 3 is 3.05 bits per heavy atom. The van der Waals surface area contributed by atoms with Gasteiger partial charge in [-0.3, -0.25) is 9.36 Å². The van der Waals surface area contributed by atoms with Crippen molar-refractivity contribution in [1.82, 2.24) is 9.55 Å². The molecule has 3 aromatic rings. The largest absolute Gasteiger partial charge is 0.440 e. The van der Waals surface area contributed by atoms with Gasteiger partial charge in [-0.05, 0) is 44.1 Å². The normalized spacial score (nSPS) is 14.2. The van der Waals surface area contributed by atoms with E-state index in [9.17, 15) is 4.79 Å². The van der Waals surface area contributed by atoms with Crippen molar-refractivity contribution in [2.24, 2.45) is 0 Å². The van der Waals surface area contributed by atoms with Crippen molar-refractivity contribution in [1.29, 1.82) is 0 Å². The zero-order valence-corrected chi connectivity index (χ0v) is 13.9. The van der Waals surface area contributed by atoms with Crippen LogP contribution in [0.3, 0.4) is 0 Å². The Hall–Kier alpha value is -1.66. The highest BCUT2D eigenvalue weighted by molar-refractivity contribution is 7.13. The van der Waals surface area contributed by atoms with Crippen molar-refractivity contribution >= 4 is 22.7 Å². The summed E-state index contributed by atoms with van der Waals surface area (Å²) in [5.74, 6) is 1.45. The molecule has 22 heavy (non-hydrogen) atoms. The van der Waals surface area contributed by atoms with E-state index >= 15 is 0 Å². The fourth-order valence-corrected chi connectivity index (χ4v) is 4.64. The van der Waals surface area contributed by atoms with Gasteiger partial charge in [0.2, 0.25) is 5.89 Å². The average molecular weight is 332 g/mol. The van der Waals surface area contributed by atoms with E-state index in [1.165, 1.54) is 34.7 Å². The zero-order chi connectivity index (χ0) is 15.1. The van der Waals surface area contributed by atoms with Crippen LogP contribution in [-0.2, 0) is 19.4 Å². The summed E-state index contributed by atoms with van der Waals surface area (Å²) in [6, 6.07) is 3.98. The lowest BCUT2D eigenvalue weighted by Gasteiger charge is -2.13. The Balaban J connectivity index is 1.70. The van der Waals surface area contributed by atoms with Crippen LogP contribution in [0, 0.1) is 6.92 Å². The summed E-state index contributed by atoms with van der Waals surface area (Å²) in [5, 5.41) is 2.01. The van der Waals surface area contributed by atoms with Gasteiger partial charge >= 0.3 is 4.87 Å². The molecule has 0 saturated carbocycles. The molecule has 0 unspecified atom stereocenters. The molecule has 0 amide bonds. The van der Waals surface area contributed by atoms with Crippen LogP contribution in [0.1, 0.15) is 34.9 Å². The highest BCUT2D eigenvalue weighted by Gasteiger charge is 2.20. The van der Waals surface area contributed by atoms with E-state index in [-0.39, 0.29) is 4.87 Å². The second kappa shape index (κ2) is 5.52. The van der Waals surface area contributed by atoms with Gasteiger partial charge in [-0.1, -0.05) is 17.4 Å². The van der Waals surface area contributed by atoms with Crippen LogP contribution in [0.25, 0.3) is 10.8 Å². The minimum Gasteiger partial charge on any atom is -0.440 e. The summed E-state index contributed by atoms with van der Waals surface area (Å²) < 4.78 is 7.67. The molecular weight excluding hydrogens is 316 g/mol. The van der Waals surface area contributed by atoms with Gasteiger partial charge in [0.1, 0.15) is 11.5 Å². The number of aryl methyl sites for hydroxylation is 2. The second-order valence-corrected chi connectivity index (χ2v) is 7.52. The molecule has 0 aliphatic heterocycles. The van der Waals surface area contributed by atoms with Crippen molar-refractivity contribution in [2.45, 2.75) is 39.2 Å². The first kappa shape index (κ1) is 14.0. The van der Waals surface area contributed by atoms with E-state index < -0.39 is 0 Å². The first-order chi connectivity index (χ1) is 10.7. The van der Waals surface area contributed by atoms with Gasteiger partial charge in [0, 0.05) is 10.6 Å².